The van der Waals surface area contributed by atoms with Gasteiger partial charge in [0.25, 0.3) is 0 Å². The fourth-order valence-electron chi connectivity index (χ4n) is 3.84. The average Bonchev–Trinajstić information content (AvgIpc) is 2.67. The van der Waals surface area contributed by atoms with Gasteiger partial charge in [-0.1, -0.05) is 58.5 Å². The first kappa shape index (κ1) is 28.1. The van der Waals surface area contributed by atoms with E-state index in [-0.39, 0.29) is 24.8 Å². The molecule has 2 aromatic carbocycles. The van der Waals surface area contributed by atoms with Gasteiger partial charge in [-0.2, -0.15) is 0 Å². The Kier molecular flexibility index (Phi) is 13.4. The predicted octanol–water partition coefficient (Wildman–Crippen LogP) is 7.83. The van der Waals surface area contributed by atoms with Crippen molar-refractivity contribution in [2.75, 3.05) is 13.1 Å². The zero-order valence-corrected chi connectivity index (χ0v) is 21.3. The summed E-state index contributed by atoms with van der Waals surface area (Å²) < 4.78 is 0. The molecule has 1 fully saturated rings. The Bertz CT molecular complexity index is 672. The lowest BCUT2D eigenvalue weighted by Crippen LogP contribution is -2.30. The summed E-state index contributed by atoms with van der Waals surface area (Å²) in [6.45, 7) is 3.46. The van der Waals surface area contributed by atoms with E-state index in [0.29, 0.717) is 0 Å². The minimum Gasteiger partial charge on any atom is -0.312 e. The van der Waals surface area contributed by atoms with Crippen molar-refractivity contribution in [2.45, 2.75) is 38.8 Å². The van der Waals surface area contributed by atoms with Crippen molar-refractivity contribution < 1.29 is 0 Å². The number of rotatable bonds is 8. The lowest BCUT2D eigenvalue weighted by Gasteiger charge is -2.29. The van der Waals surface area contributed by atoms with Crippen LogP contribution in [0.15, 0.2) is 36.4 Å². The molecule has 8 heteroatoms. The average molecular weight is 533 g/mol. The number of hydrogen-bond donors (Lipinski definition) is 2. The normalized spacial score (nSPS) is 18.4. The molecule has 1 aliphatic carbocycles. The second kappa shape index (κ2) is 14.3. The molecule has 0 unspecified atom stereocenters. The molecule has 30 heavy (non-hydrogen) atoms. The van der Waals surface area contributed by atoms with Gasteiger partial charge in [-0.05, 0) is 74.9 Å². The van der Waals surface area contributed by atoms with E-state index in [9.17, 15) is 0 Å². The summed E-state index contributed by atoms with van der Waals surface area (Å²) in [6.07, 6.45) is 5.01. The van der Waals surface area contributed by atoms with E-state index in [1.165, 1.54) is 25.7 Å². The molecule has 0 saturated heterocycles. The van der Waals surface area contributed by atoms with Crippen LogP contribution in [0.1, 0.15) is 36.8 Å². The van der Waals surface area contributed by atoms with Crippen molar-refractivity contribution in [3.63, 3.8) is 0 Å². The highest BCUT2D eigenvalue weighted by Crippen LogP contribution is 2.29. The first-order valence-electron chi connectivity index (χ1n) is 9.81. The SMILES string of the molecule is Cl.Cl.Clc1cccc(Cl)c1CNCC1CCC(CNCc2c(Cl)cccc2Cl)CC1. The van der Waals surface area contributed by atoms with Gasteiger partial charge in [0.15, 0.2) is 0 Å². The van der Waals surface area contributed by atoms with Crippen molar-refractivity contribution >= 4 is 71.2 Å². The van der Waals surface area contributed by atoms with Gasteiger partial charge in [-0.3, -0.25) is 0 Å². The fraction of sp³-hybridized carbons (Fsp3) is 0.455. The van der Waals surface area contributed by atoms with Crippen molar-refractivity contribution in [2.24, 2.45) is 11.8 Å². The number of nitrogens with one attached hydrogen (secondary N) is 2. The van der Waals surface area contributed by atoms with E-state index < -0.39 is 0 Å². The van der Waals surface area contributed by atoms with Gasteiger partial charge in [0, 0.05) is 44.3 Å². The first-order chi connectivity index (χ1) is 13.5. The molecule has 0 aliphatic heterocycles. The Morgan fingerprint density at radius 3 is 1.20 bits per heavy atom. The van der Waals surface area contributed by atoms with Crippen molar-refractivity contribution in [3.8, 4) is 0 Å². The maximum atomic E-state index is 6.23. The Hall–Kier alpha value is 0.1000. The van der Waals surface area contributed by atoms with Crippen LogP contribution in [0.2, 0.25) is 20.1 Å². The highest BCUT2D eigenvalue weighted by atomic mass is 35.5. The molecule has 2 N–H and O–H groups in total. The van der Waals surface area contributed by atoms with Gasteiger partial charge in [-0.25, -0.2) is 0 Å². The zero-order valence-electron chi connectivity index (χ0n) is 16.6. The van der Waals surface area contributed by atoms with Crippen LogP contribution in [0, 0.1) is 11.8 Å². The summed E-state index contributed by atoms with van der Waals surface area (Å²) in [5.41, 5.74) is 1.98. The van der Waals surface area contributed by atoms with E-state index in [4.69, 9.17) is 46.4 Å². The summed E-state index contributed by atoms with van der Waals surface area (Å²) in [5, 5.41) is 9.98. The Balaban J connectivity index is 0.00000225. The maximum absolute atomic E-state index is 6.23. The van der Waals surface area contributed by atoms with Gasteiger partial charge in [0.05, 0.1) is 0 Å². The maximum Gasteiger partial charge on any atom is 0.0465 e. The summed E-state index contributed by atoms with van der Waals surface area (Å²) in [7, 11) is 0. The third-order valence-electron chi connectivity index (χ3n) is 5.56. The molecule has 3 rings (SSSR count). The quantitative estimate of drug-likeness (QED) is 0.362. The number of halogens is 6. The van der Waals surface area contributed by atoms with Crippen LogP contribution in [0.25, 0.3) is 0 Å². The zero-order chi connectivity index (χ0) is 19.9. The minimum atomic E-state index is 0. The number of benzene rings is 2. The molecule has 0 bridgehead atoms. The molecule has 2 aromatic rings. The molecule has 1 saturated carbocycles. The first-order valence-corrected chi connectivity index (χ1v) is 11.3. The van der Waals surface area contributed by atoms with Gasteiger partial charge in [-0.15, -0.1) is 24.8 Å². The largest absolute Gasteiger partial charge is 0.312 e. The molecule has 0 heterocycles. The molecule has 1 aliphatic rings. The summed E-state index contributed by atoms with van der Waals surface area (Å²) >= 11 is 24.9. The second-order valence-electron chi connectivity index (χ2n) is 7.55. The van der Waals surface area contributed by atoms with Gasteiger partial charge < -0.3 is 10.6 Å². The van der Waals surface area contributed by atoms with Crippen LogP contribution in [0.4, 0.5) is 0 Å². The van der Waals surface area contributed by atoms with Crippen LogP contribution in [0.3, 0.4) is 0 Å². The van der Waals surface area contributed by atoms with Crippen molar-refractivity contribution in [3.05, 3.63) is 67.6 Å². The fourth-order valence-corrected chi connectivity index (χ4v) is 4.91. The van der Waals surface area contributed by atoms with Crippen LogP contribution in [0.5, 0.6) is 0 Å². The Labute approximate surface area is 212 Å². The van der Waals surface area contributed by atoms with Gasteiger partial charge in [0.1, 0.15) is 0 Å². The van der Waals surface area contributed by atoms with Crippen LogP contribution >= 0.6 is 71.2 Å². The van der Waals surface area contributed by atoms with E-state index >= 15 is 0 Å². The Morgan fingerprint density at radius 1 is 0.600 bits per heavy atom. The molecular weight excluding hydrogens is 505 g/mol. The van der Waals surface area contributed by atoms with Crippen LogP contribution in [-0.4, -0.2) is 13.1 Å². The van der Waals surface area contributed by atoms with E-state index in [1.807, 2.05) is 36.4 Å². The van der Waals surface area contributed by atoms with E-state index in [0.717, 1.165) is 69.2 Å². The molecular formula is C22H28Cl6N2. The highest BCUT2D eigenvalue weighted by molar-refractivity contribution is 6.36. The lowest BCUT2D eigenvalue weighted by atomic mass is 9.82. The van der Waals surface area contributed by atoms with Crippen LogP contribution in [-0.2, 0) is 13.1 Å². The standard InChI is InChI=1S/C22H26Cl4N2.2ClH/c23-19-3-1-4-20(24)17(19)13-27-11-15-7-9-16(10-8-15)12-28-14-18-21(25)5-2-6-22(18)26;;/h1-6,15-16,27-28H,7-14H2;2*1H. The smallest absolute Gasteiger partial charge is 0.0465 e. The third-order valence-corrected chi connectivity index (χ3v) is 6.98. The molecule has 168 valence electrons. The number of hydrogen-bond acceptors (Lipinski definition) is 2. The molecule has 0 radical (unpaired) electrons. The molecule has 0 amide bonds. The summed E-state index contributed by atoms with van der Waals surface area (Å²) in [4.78, 5) is 0. The molecule has 0 aromatic heterocycles. The predicted molar refractivity (Wildman–Crippen MR) is 136 cm³/mol. The van der Waals surface area contributed by atoms with Gasteiger partial charge >= 0.3 is 0 Å². The second-order valence-corrected chi connectivity index (χ2v) is 9.18. The topological polar surface area (TPSA) is 24.1 Å². The summed E-state index contributed by atoms with van der Waals surface area (Å²) in [5.74, 6) is 1.44. The minimum absolute atomic E-state index is 0. The molecule has 0 atom stereocenters. The summed E-state index contributed by atoms with van der Waals surface area (Å²) in [6, 6.07) is 11.3. The van der Waals surface area contributed by atoms with E-state index in [1.54, 1.807) is 0 Å². The Morgan fingerprint density at radius 2 is 0.900 bits per heavy atom. The monoisotopic (exact) mass is 530 g/mol. The van der Waals surface area contributed by atoms with Crippen LogP contribution < -0.4 is 10.6 Å². The van der Waals surface area contributed by atoms with Gasteiger partial charge in [0.2, 0.25) is 0 Å². The molecule has 0 spiro atoms. The van der Waals surface area contributed by atoms with Crippen molar-refractivity contribution in [1.29, 1.82) is 0 Å². The molecule has 2 nitrogen and oxygen atoms in total. The highest BCUT2D eigenvalue weighted by Gasteiger charge is 2.21. The third kappa shape index (κ3) is 8.22. The lowest BCUT2D eigenvalue weighted by molar-refractivity contribution is 0.261. The van der Waals surface area contributed by atoms with Crippen molar-refractivity contribution in [1.82, 2.24) is 10.6 Å². The van der Waals surface area contributed by atoms with E-state index in [2.05, 4.69) is 10.6 Å².